The number of rotatable bonds is 5. The zero-order chi connectivity index (χ0) is 22.9. The van der Waals surface area contributed by atoms with Crippen molar-refractivity contribution in [3.63, 3.8) is 0 Å². The monoisotopic (exact) mass is 466 g/mol. The number of anilines is 3. The Balaban J connectivity index is 1.48. The highest BCUT2D eigenvalue weighted by molar-refractivity contribution is 7.93. The summed E-state index contributed by atoms with van der Waals surface area (Å²) in [4.78, 5) is 16.9. The average Bonchev–Trinajstić information content (AvgIpc) is 3.11. The van der Waals surface area contributed by atoms with E-state index in [0.29, 0.717) is 16.9 Å². The number of sulfonamides is 1. The topological polar surface area (TPSA) is 100 Å². The highest BCUT2D eigenvalue weighted by atomic mass is 32.2. The van der Waals surface area contributed by atoms with E-state index in [9.17, 15) is 13.2 Å². The molecule has 3 aromatic carbocycles. The second kappa shape index (κ2) is 8.60. The molecule has 164 valence electrons. The summed E-state index contributed by atoms with van der Waals surface area (Å²) < 4.78 is 28.5. The van der Waals surface area contributed by atoms with Crippen molar-refractivity contribution in [1.29, 1.82) is 0 Å². The zero-order valence-electron chi connectivity index (χ0n) is 17.8. The molecule has 2 amide bonds. The smallest absolute Gasteiger partial charge is 0.308 e. The first-order valence-electron chi connectivity index (χ1n) is 9.85. The number of aromatic nitrogens is 1. The third-order valence-electron chi connectivity index (χ3n) is 4.96. The maximum absolute atomic E-state index is 12.6. The third kappa shape index (κ3) is 4.90. The zero-order valence-corrected chi connectivity index (χ0v) is 19.4. The number of nitrogens with one attached hydrogen (secondary N) is 3. The van der Waals surface area contributed by atoms with Gasteiger partial charge in [-0.25, -0.2) is 18.2 Å². The molecule has 9 heteroatoms. The lowest BCUT2D eigenvalue weighted by Crippen LogP contribution is -2.19. The summed E-state index contributed by atoms with van der Waals surface area (Å²) in [5, 5.41) is 5.85. The summed E-state index contributed by atoms with van der Waals surface area (Å²) in [6.07, 6.45) is 0. The standard InChI is InChI=1S/C23H22N4O3S2/c1-14-4-9-19(10-5-14)32(29,30)27-23-26-20-13-18(8-11-21(20)31-23)25-22(28)24-17-7-6-15(2)16(3)12-17/h4-13H,1-3H3,(H,26,27)(H2,24,25,28). The number of carbonyl (C=O) groups excluding carboxylic acids is 1. The average molecular weight is 467 g/mol. The molecular weight excluding hydrogens is 444 g/mol. The van der Waals surface area contributed by atoms with Gasteiger partial charge < -0.3 is 10.6 Å². The van der Waals surface area contributed by atoms with Crippen molar-refractivity contribution in [2.24, 2.45) is 0 Å². The molecule has 0 aliphatic carbocycles. The Bertz CT molecular complexity index is 1410. The van der Waals surface area contributed by atoms with Gasteiger partial charge in [-0.1, -0.05) is 35.1 Å². The van der Waals surface area contributed by atoms with Crippen LogP contribution < -0.4 is 15.4 Å². The fraction of sp³-hybridized carbons (Fsp3) is 0.130. The Morgan fingerprint density at radius 1 is 0.844 bits per heavy atom. The van der Waals surface area contributed by atoms with Crippen LogP contribution in [0.1, 0.15) is 16.7 Å². The Morgan fingerprint density at radius 2 is 1.50 bits per heavy atom. The quantitative estimate of drug-likeness (QED) is 0.353. The van der Waals surface area contributed by atoms with Crippen molar-refractivity contribution in [3.05, 3.63) is 77.4 Å². The van der Waals surface area contributed by atoms with Gasteiger partial charge in [-0.3, -0.25) is 4.72 Å². The van der Waals surface area contributed by atoms with Crippen molar-refractivity contribution in [1.82, 2.24) is 4.98 Å². The summed E-state index contributed by atoms with van der Waals surface area (Å²) in [6.45, 7) is 5.89. The van der Waals surface area contributed by atoms with Crippen LogP contribution in [-0.2, 0) is 10.0 Å². The van der Waals surface area contributed by atoms with Crippen molar-refractivity contribution >= 4 is 54.1 Å². The van der Waals surface area contributed by atoms with Gasteiger partial charge in [0, 0.05) is 11.4 Å². The number of aryl methyl sites for hydroxylation is 3. The number of carbonyl (C=O) groups is 1. The molecule has 1 heterocycles. The SMILES string of the molecule is Cc1ccc(S(=O)(=O)Nc2nc3cc(NC(=O)Nc4ccc(C)c(C)c4)ccc3s2)cc1. The van der Waals surface area contributed by atoms with Gasteiger partial charge in [-0.2, -0.15) is 0 Å². The number of benzene rings is 3. The number of hydrogen-bond acceptors (Lipinski definition) is 5. The highest BCUT2D eigenvalue weighted by Crippen LogP contribution is 2.30. The molecule has 0 fully saturated rings. The van der Waals surface area contributed by atoms with Gasteiger partial charge in [-0.15, -0.1) is 0 Å². The first-order chi connectivity index (χ1) is 15.2. The first kappa shape index (κ1) is 21.8. The van der Waals surface area contributed by atoms with Crippen LogP contribution in [0.2, 0.25) is 0 Å². The van der Waals surface area contributed by atoms with Crippen molar-refractivity contribution in [3.8, 4) is 0 Å². The lowest BCUT2D eigenvalue weighted by atomic mass is 10.1. The van der Waals surface area contributed by atoms with E-state index in [0.717, 1.165) is 21.4 Å². The van der Waals surface area contributed by atoms with Gasteiger partial charge in [-0.05, 0) is 74.4 Å². The number of urea groups is 1. The van der Waals surface area contributed by atoms with Crippen LogP contribution in [0.4, 0.5) is 21.3 Å². The number of fused-ring (bicyclic) bond motifs is 1. The van der Waals surface area contributed by atoms with Crippen LogP contribution in [0.5, 0.6) is 0 Å². The lowest BCUT2D eigenvalue weighted by Gasteiger charge is -2.09. The fourth-order valence-corrected chi connectivity index (χ4v) is 5.13. The van der Waals surface area contributed by atoms with Crippen molar-refractivity contribution < 1.29 is 13.2 Å². The summed E-state index contributed by atoms with van der Waals surface area (Å²) in [5.41, 5.74) is 5.06. The molecule has 0 bridgehead atoms. The minimum Gasteiger partial charge on any atom is -0.308 e. The predicted octanol–water partition coefficient (Wildman–Crippen LogP) is 5.67. The van der Waals surface area contributed by atoms with Gasteiger partial charge >= 0.3 is 6.03 Å². The third-order valence-corrected chi connectivity index (χ3v) is 7.40. The van der Waals surface area contributed by atoms with E-state index in [4.69, 9.17) is 0 Å². The molecule has 0 saturated heterocycles. The molecule has 4 rings (SSSR count). The van der Waals surface area contributed by atoms with E-state index in [1.807, 2.05) is 39.0 Å². The van der Waals surface area contributed by atoms with E-state index in [2.05, 4.69) is 20.3 Å². The molecule has 0 atom stereocenters. The minimum atomic E-state index is -3.73. The largest absolute Gasteiger partial charge is 0.323 e. The lowest BCUT2D eigenvalue weighted by molar-refractivity contribution is 0.262. The van der Waals surface area contributed by atoms with E-state index in [-0.39, 0.29) is 16.1 Å². The Kier molecular flexibility index (Phi) is 5.86. The molecule has 0 aliphatic rings. The van der Waals surface area contributed by atoms with Crippen LogP contribution in [0, 0.1) is 20.8 Å². The second-order valence-corrected chi connectivity index (χ2v) is 10.2. The summed E-state index contributed by atoms with van der Waals surface area (Å²) in [5.74, 6) is 0. The molecule has 3 N–H and O–H groups in total. The Labute approximate surface area is 190 Å². The van der Waals surface area contributed by atoms with E-state index < -0.39 is 10.0 Å². The van der Waals surface area contributed by atoms with Crippen LogP contribution in [0.3, 0.4) is 0 Å². The Morgan fingerprint density at radius 3 is 2.19 bits per heavy atom. The maximum atomic E-state index is 12.6. The molecular formula is C23H22N4O3S2. The minimum absolute atomic E-state index is 0.174. The first-order valence-corrected chi connectivity index (χ1v) is 12.1. The van der Waals surface area contributed by atoms with Gasteiger partial charge in [0.05, 0.1) is 15.1 Å². The molecule has 1 aromatic heterocycles. The van der Waals surface area contributed by atoms with Gasteiger partial charge in [0.1, 0.15) is 0 Å². The number of hydrogen-bond donors (Lipinski definition) is 3. The number of nitrogens with zero attached hydrogens (tertiary/aromatic N) is 1. The number of thiazole rings is 1. The molecule has 0 spiro atoms. The van der Waals surface area contributed by atoms with Crippen molar-refractivity contribution in [2.45, 2.75) is 25.7 Å². The summed E-state index contributed by atoms with van der Waals surface area (Å²) >= 11 is 1.23. The van der Waals surface area contributed by atoms with Crippen LogP contribution in [0.15, 0.2) is 65.6 Å². The summed E-state index contributed by atoms with van der Waals surface area (Å²) in [6, 6.07) is 17.2. The fourth-order valence-electron chi connectivity index (χ4n) is 3.05. The Hall–Kier alpha value is -3.43. The highest BCUT2D eigenvalue weighted by Gasteiger charge is 2.16. The normalized spacial score (nSPS) is 11.3. The van der Waals surface area contributed by atoms with Crippen LogP contribution in [-0.4, -0.2) is 19.4 Å². The molecule has 7 nitrogen and oxygen atoms in total. The molecule has 32 heavy (non-hydrogen) atoms. The molecule has 0 saturated carbocycles. The van der Waals surface area contributed by atoms with Gasteiger partial charge in [0.25, 0.3) is 10.0 Å². The maximum Gasteiger partial charge on any atom is 0.323 e. The summed E-state index contributed by atoms with van der Waals surface area (Å²) in [7, 11) is -3.73. The van der Waals surface area contributed by atoms with Crippen LogP contribution in [0.25, 0.3) is 10.2 Å². The van der Waals surface area contributed by atoms with E-state index >= 15 is 0 Å². The molecule has 0 radical (unpaired) electrons. The van der Waals surface area contributed by atoms with E-state index in [1.54, 1.807) is 42.5 Å². The number of amides is 2. The van der Waals surface area contributed by atoms with Crippen molar-refractivity contribution in [2.75, 3.05) is 15.4 Å². The predicted molar refractivity (Wildman–Crippen MR) is 130 cm³/mol. The molecule has 0 unspecified atom stereocenters. The molecule has 4 aromatic rings. The van der Waals surface area contributed by atoms with E-state index in [1.165, 1.54) is 11.3 Å². The van der Waals surface area contributed by atoms with Gasteiger partial charge in [0.2, 0.25) is 0 Å². The second-order valence-electron chi connectivity index (χ2n) is 7.50. The van der Waals surface area contributed by atoms with Gasteiger partial charge in [0.15, 0.2) is 5.13 Å². The molecule has 0 aliphatic heterocycles. The van der Waals surface area contributed by atoms with Crippen LogP contribution >= 0.6 is 11.3 Å².